The summed E-state index contributed by atoms with van der Waals surface area (Å²) in [4.78, 5) is 0. The van der Waals surface area contributed by atoms with Gasteiger partial charge in [-0.1, -0.05) is 19.1 Å². The third-order valence-electron chi connectivity index (χ3n) is 2.44. The van der Waals surface area contributed by atoms with Gasteiger partial charge in [-0.3, -0.25) is 4.21 Å². The fourth-order valence-electron chi connectivity index (χ4n) is 1.44. The highest BCUT2D eigenvalue weighted by Gasteiger charge is 1.99. The second-order valence-electron chi connectivity index (χ2n) is 3.77. The zero-order valence-electron chi connectivity index (χ0n) is 10.2. The molecule has 0 radical (unpaired) electrons. The summed E-state index contributed by atoms with van der Waals surface area (Å²) in [5, 5.41) is 8.60. The van der Waals surface area contributed by atoms with E-state index in [0.717, 1.165) is 18.6 Å². The minimum atomic E-state index is -0.913. The molecule has 4 heteroatoms. The number of rotatable bonds is 8. The molecular formula is C13H20O3S. The monoisotopic (exact) mass is 256 g/mol. The van der Waals surface area contributed by atoms with Crippen molar-refractivity contribution >= 4 is 10.8 Å². The molecule has 0 aromatic heterocycles. The van der Waals surface area contributed by atoms with E-state index in [0.29, 0.717) is 18.1 Å². The number of aliphatic hydroxyl groups is 1. The molecule has 1 aromatic rings. The minimum Gasteiger partial charge on any atom is -0.494 e. The van der Waals surface area contributed by atoms with E-state index >= 15 is 0 Å². The van der Waals surface area contributed by atoms with Crippen molar-refractivity contribution in [2.24, 2.45) is 0 Å². The highest BCUT2D eigenvalue weighted by Crippen LogP contribution is 2.12. The van der Waals surface area contributed by atoms with Crippen LogP contribution < -0.4 is 4.74 Å². The molecule has 3 nitrogen and oxygen atoms in total. The molecule has 0 saturated heterocycles. The van der Waals surface area contributed by atoms with E-state index in [1.165, 1.54) is 5.56 Å². The molecule has 1 unspecified atom stereocenters. The van der Waals surface area contributed by atoms with Gasteiger partial charge in [-0.25, -0.2) is 0 Å². The van der Waals surface area contributed by atoms with Gasteiger partial charge in [-0.05, 0) is 30.5 Å². The van der Waals surface area contributed by atoms with E-state index in [9.17, 15) is 4.21 Å². The molecule has 0 aliphatic heterocycles. The first kappa shape index (κ1) is 14.2. The van der Waals surface area contributed by atoms with Crippen molar-refractivity contribution in [3.8, 4) is 5.75 Å². The lowest BCUT2D eigenvalue weighted by molar-refractivity contribution is 0.315. The Morgan fingerprint density at radius 2 is 1.94 bits per heavy atom. The van der Waals surface area contributed by atoms with Gasteiger partial charge < -0.3 is 9.84 Å². The van der Waals surface area contributed by atoms with Crippen LogP contribution in [0.5, 0.6) is 5.75 Å². The third-order valence-corrected chi connectivity index (χ3v) is 3.82. The summed E-state index contributed by atoms with van der Waals surface area (Å²) < 4.78 is 16.8. The SMILES string of the molecule is CCc1ccc(OCCCS(=O)CCO)cc1. The molecule has 0 aliphatic rings. The zero-order chi connectivity index (χ0) is 12.5. The zero-order valence-corrected chi connectivity index (χ0v) is 11.0. The van der Waals surface area contributed by atoms with Crippen molar-refractivity contribution in [2.45, 2.75) is 19.8 Å². The second-order valence-corrected chi connectivity index (χ2v) is 5.47. The number of hydrogen-bond acceptors (Lipinski definition) is 3. The van der Waals surface area contributed by atoms with Crippen LogP contribution in [0.25, 0.3) is 0 Å². The van der Waals surface area contributed by atoms with Crippen molar-refractivity contribution in [1.82, 2.24) is 0 Å². The molecule has 1 rings (SSSR count). The molecule has 0 spiro atoms. The van der Waals surface area contributed by atoms with Gasteiger partial charge >= 0.3 is 0 Å². The Balaban J connectivity index is 2.19. The van der Waals surface area contributed by atoms with Crippen molar-refractivity contribution < 1.29 is 14.1 Å². The average molecular weight is 256 g/mol. The fourth-order valence-corrected chi connectivity index (χ4v) is 2.28. The van der Waals surface area contributed by atoms with Crippen LogP contribution in [0.4, 0.5) is 0 Å². The van der Waals surface area contributed by atoms with Crippen LogP contribution >= 0.6 is 0 Å². The average Bonchev–Trinajstić information content (AvgIpc) is 2.36. The first-order chi connectivity index (χ1) is 8.26. The predicted octanol–water partition coefficient (Wildman–Crippen LogP) is 1.76. The van der Waals surface area contributed by atoms with E-state index in [1.807, 2.05) is 12.1 Å². The number of ether oxygens (including phenoxy) is 1. The highest BCUT2D eigenvalue weighted by atomic mass is 32.2. The van der Waals surface area contributed by atoms with Gasteiger partial charge in [-0.15, -0.1) is 0 Å². The van der Waals surface area contributed by atoms with Gasteiger partial charge in [0.05, 0.1) is 13.2 Å². The number of aryl methyl sites for hydroxylation is 1. The first-order valence-corrected chi connectivity index (χ1v) is 7.42. The predicted molar refractivity (Wildman–Crippen MR) is 70.9 cm³/mol. The molecule has 0 heterocycles. The molecule has 0 aliphatic carbocycles. The molecule has 0 saturated carbocycles. The van der Waals surface area contributed by atoms with Crippen LogP contribution in [-0.4, -0.2) is 34.0 Å². The van der Waals surface area contributed by atoms with Gasteiger partial charge in [0.25, 0.3) is 0 Å². The topological polar surface area (TPSA) is 46.5 Å². The van der Waals surface area contributed by atoms with Gasteiger partial charge in [0, 0.05) is 22.3 Å². The largest absolute Gasteiger partial charge is 0.494 e. The van der Waals surface area contributed by atoms with Crippen LogP contribution in [0.15, 0.2) is 24.3 Å². The lowest BCUT2D eigenvalue weighted by Gasteiger charge is -2.06. The normalized spacial score (nSPS) is 12.4. The van der Waals surface area contributed by atoms with E-state index in [-0.39, 0.29) is 6.61 Å². The van der Waals surface area contributed by atoms with Crippen molar-refractivity contribution in [3.63, 3.8) is 0 Å². The minimum absolute atomic E-state index is 0.00799. The molecule has 1 atom stereocenters. The number of benzene rings is 1. The maximum absolute atomic E-state index is 11.2. The van der Waals surface area contributed by atoms with Gasteiger partial charge in [0.1, 0.15) is 5.75 Å². The molecule has 96 valence electrons. The van der Waals surface area contributed by atoms with Gasteiger partial charge in [-0.2, -0.15) is 0 Å². The van der Waals surface area contributed by atoms with Gasteiger partial charge in [0.15, 0.2) is 0 Å². The van der Waals surface area contributed by atoms with Crippen molar-refractivity contribution in [1.29, 1.82) is 0 Å². The maximum Gasteiger partial charge on any atom is 0.119 e. The first-order valence-electron chi connectivity index (χ1n) is 5.94. The Kier molecular flexibility index (Phi) is 6.89. The number of hydrogen-bond donors (Lipinski definition) is 1. The quantitative estimate of drug-likeness (QED) is 0.721. The van der Waals surface area contributed by atoms with E-state index in [4.69, 9.17) is 9.84 Å². The standard InChI is InChI=1S/C13H20O3S/c1-2-12-4-6-13(7-5-12)16-9-3-10-17(15)11-8-14/h4-7,14H,2-3,8-11H2,1H3. The molecule has 17 heavy (non-hydrogen) atoms. The van der Waals surface area contributed by atoms with Crippen molar-refractivity contribution in [2.75, 3.05) is 24.7 Å². The Hall–Kier alpha value is -0.870. The fraction of sp³-hybridized carbons (Fsp3) is 0.538. The van der Waals surface area contributed by atoms with Crippen molar-refractivity contribution in [3.05, 3.63) is 29.8 Å². The number of aliphatic hydroxyl groups excluding tert-OH is 1. The Labute approximate surface area is 105 Å². The molecular weight excluding hydrogens is 236 g/mol. The smallest absolute Gasteiger partial charge is 0.119 e. The molecule has 1 N–H and O–H groups in total. The Bertz CT molecular complexity index is 335. The summed E-state index contributed by atoms with van der Waals surface area (Å²) in [6.07, 6.45) is 1.78. The van der Waals surface area contributed by atoms with E-state index in [1.54, 1.807) is 0 Å². The molecule has 0 fully saturated rings. The summed E-state index contributed by atoms with van der Waals surface area (Å²) in [6.45, 7) is 2.68. The lowest BCUT2D eigenvalue weighted by atomic mass is 10.2. The lowest BCUT2D eigenvalue weighted by Crippen LogP contribution is -2.09. The third kappa shape index (κ3) is 5.84. The van der Waals surface area contributed by atoms with Crippen LogP contribution in [0, 0.1) is 0 Å². The summed E-state index contributed by atoms with van der Waals surface area (Å²) in [5.74, 6) is 1.81. The Morgan fingerprint density at radius 1 is 1.24 bits per heavy atom. The molecule has 0 amide bonds. The molecule has 0 bridgehead atoms. The summed E-state index contributed by atoms with van der Waals surface area (Å²) >= 11 is 0. The van der Waals surface area contributed by atoms with Crippen LogP contribution in [0.1, 0.15) is 18.9 Å². The second kappa shape index (κ2) is 8.25. The van der Waals surface area contributed by atoms with Crippen LogP contribution in [-0.2, 0) is 17.2 Å². The Morgan fingerprint density at radius 3 is 2.53 bits per heavy atom. The van der Waals surface area contributed by atoms with Crippen LogP contribution in [0.2, 0.25) is 0 Å². The van der Waals surface area contributed by atoms with E-state index in [2.05, 4.69) is 19.1 Å². The summed E-state index contributed by atoms with van der Waals surface area (Å²) in [7, 11) is -0.913. The molecule has 1 aromatic carbocycles. The maximum atomic E-state index is 11.2. The highest BCUT2D eigenvalue weighted by molar-refractivity contribution is 7.84. The summed E-state index contributed by atoms with van der Waals surface area (Å²) in [6, 6.07) is 8.03. The van der Waals surface area contributed by atoms with Gasteiger partial charge in [0.2, 0.25) is 0 Å². The van der Waals surface area contributed by atoms with Crippen LogP contribution in [0.3, 0.4) is 0 Å². The van der Waals surface area contributed by atoms with E-state index < -0.39 is 10.8 Å². The summed E-state index contributed by atoms with van der Waals surface area (Å²) in [5.41, 5.74) is 1.29.